The molecule has 1 aromatic heterocycles. The van der Waals surface area contributed by atoms with Crippen molar-refractivity contribution >= 4 is 46.6 Å². The minimum absolute atomic E-state index is 0.727. The van der Waals surface area contributed by atoms with E-state index < -0.39 is 0 Å². The Bertz CT molecular complexity index is 714. The largest absolute Gasteiger partial charge is 0.370 e. The first-order valence-corrected chi connectivity index (χ1v) is 11.3. The van der Waals surface area contributed by atoms with Crippen LogP contribution < -0.4 is 9.62 Å². The van der Waals surface area contributed by atoms with Crippen LogP contribution in [0.4, 0.5) is 11.4 Å². The lowest BCUT2D eigenvalue weighted by Crippen LogP contribution is -2.34. The van der Waals surface area contributed by atoms with Gasteiger partial charge in [-0.2, -0.15) is 0 Å². The highest BCUT2D eigenvalue weighted by Gasteiger charge is 2.44. The van der Waals surface area contributed by atoms with Crippen molar-refractivity contribution in [1.29, 1.82) is 0 Å². The van der Waals surface area contributed by atoms with Crippen molar-refractivity contribution in [2.75, 3.05) is 36.8 Å². The Balaban J connectivity index is 1.40. The molecular weight excluding hydrogens is 366 g/mol. The summed E-state index contributed by atoms with van der Waals surface area (Å²) in [6.45, 7) is 2.40. The second kappa shape index (κ2) is 7.43. The maximum absolute atomic E-state index is 3.59. The molecule has 1 aliphatic carbocycles. The molecule has 1 N–H and O–H groups in total. The summed E-state index contributed by atoms with van der Waals surface area (Å²) in [5.41, 5.74) is 3.31. The number of nitrogens with one attached hydrogen (secondary N) is 1. The molecule has 0 radical (unpaired) electrons. The van der Waals surface area contributed by atoms with Gasteiger partial charge in [-0.1, -0.05) is 12.1 Å². The first-order valence-electron chi connectivity index (χ1n) is 8.86. The fourth-order valence-electron chi connectivity index (χ4n) is 3.43. The molecule has 2 aromatic rings. The molecular formula is C19H25N3S3. The molecule has 0 amide bonds. The molecule has 1 spiro atoms. The molecule has 6 heteroatoms. The number of hydrogen-bond donors (Lipinski definition) is 1. The van der Waals surface area contributed by atoms with Gasteiger partial charge in [0.05, 0.1) is 19.8 Å². The van der Waals surface area contributed by atoms with Crippen molar-refractivity contribution in [3.05, 3.63) is 36.4 Å². The molecule has 1 saturated heterocycles. The molecule has 3 nitrogen and oxygen atoms in total. The Morgan fingerprint density at radius 3 is 2.44 bits per heavy atom. The lowest BCUT2D eigenvalue weighted by Gasteiger charge is -2.35. The number of hydrogen-bond acceptors (Lipinski definition) is 6. The standard InChI is InChI=1S/C19H25N3S3/c1-21(2)25-18-8-7-17(23-18)24-20-15-5-3-4-6-16(15)22-13-11-19(9-10-19)12-14-22/h3-8,20H,9-14H2,1-2H3. The zero-order valence-corrected chi connectivity index (χ0v) is 17.3. The summed E-state index contributed by atoms with van der Waals surface area (Å²) in [6.07, 6.45) is 5.65. The molecule has 0 bridgehead atoms. The molecule has 1 aromatic carbocycles. The zero-order chi connectivity index (χ0) is 17.3. The van der Waals surface area contributed by atoms with Crippen LogP contribution in [0.3, 0.4) is 0 Å². The lowest BCUT2D eigenvalue weighted by molar-refractivity contribution is 0.384. The van der Waals surface area contributed by atoms with Crippen molar-refractivity contribution in [3.63, 3.8) is 0 Å². The van der Waals surface area contributed by atoms with E-state index in [1.165, 1.54) is 58.6 Å². The van der Waals surface area contributed by atoms with Crippen LogP contribution in [0.15, 0.2) is 44.8 Å². The molecule has 134 valence electrons. The molecule has 25 heavy (non-hydrogen) atoms. The van der Waals surface area contributed by atoms with Gasteiger partial charge in [0.2, 0.25) is 0 Å². The lowest BCUT2D eigenvalue weighted by atomic mass is 9.93. The molecule has 2 heterocycles. The Morgan fingerprint density at radius 2 is 1.72 bits per heavy atom. The number of nitrogens with zero attached hydrogens (tertiary/aromatic N) is 2. The summed E-state index contributed by atoms with van der Waals surface area (Å²) in [5.74, 6) is 0. The summed E-state index contributed by atoms with van der Waals surface area (Å²) in [7, 11) is 4.16. The van der Waals surface area contributed by atoms with Gasteiger partial charge in [0.15, 0.2) is 0 Å². The van der Waals surface area contributed by atoms with Crippen molar-refractivity contribution in [3.8, 4) is 0 Å². The summed E-state index contributed by atoms with van der Waals surface area (Å²) in [6, 6.07) is 13.1. The Morgan fingerprint density at radius 1 is 1.00 bits per heavy atom. The highest BCUT2D eigenvalue weighted by molar-refractivity contribution is 8.03. The average molecular weight is 392 g/mol. The molecule has 1 aliphatic heterocycles. The van der Waals surface area contributed by atoms with Crippen LogP contribution in [-0.4, -0.2) is 31.5 Å². The number of rotatable bonds is 6. The summed E-state index contributed by atoms with van der Waals surface area (Å²) in [4.78, 5) is 2.56. The number of piperidine rings is 1. The Labute approximate surface area is 163 Å². The smallest absolute Gasteiger partial charge is 0.0820 e. The Kier molecular flexibility index (Phi) is 5.23. The second-order valence-corrected chi connectivity index (χ2v) is 11.0. The van der Waals surface area contributed by atoms with Crippen LogP contribution >= 0.6 is 35.2 Å². The van der Waals surface area contributed by atoms with Crippen LogP contribution in [0.1, 0.15) is 25.7 Å². The second-order valence-electron chi connectivity index (χ2n) is 7.19. The molecule has 0 atom stereocenters. The van der Waals surface area contributed by atoms with Crippen molar-refractivity contribution in [2.45, 2.75) is 34.1 Å². The van der Waals surface area contributed by atoms with Gasteiger partial charge in [-0.05, 0) is 93.4 Å². The molecule has 4 rings (SSSR count). The van der Waals surface area contributed by atoms with Crippen LogP contribution in [-0.2, 0) is 0 Å². The number of benzene rings is 1. The highest BCUT2D eigenvalue weighted by Crippen LogP contribution is 2.54. The van der Waals surface area contributed by atoms with Crippen LogP contribution in [0.2, 0.25) is 0 Å². The van der Waals surface area contributed by atoms with Gasteiger partial charge in [0, 0.05) is 13.1 Å². The molecule has 2 fully saturated rings. The first kappa shape index (κ1) is 17.6. The SMILES string of the molecule is CN(C)Sc1ccc(SNc2ccccc2N2CCC3(CC2)CC3)s1. The van der Waals surface area contributed by atoms with Gasteiger partial charge in [-0.25, -0.2) is 0 Å². The third kappa shape index (κ3) is 4.30. The van der Waals surface area contributed by atoms with E-state index in [0.29, 0.717) is 0 Å². The third-order valence-electron chi connectivity index (χ3n) is 5.12. The first-order chi connectivity index (χ1) is 12.1. The van der Waals surface area contributed by atoms with Gasteiger partial charge >= 0.3 is 0 Å². The average Bonchev–Trinajstić information content (AvgIpc) is 3.21. The van der Waals surface area contributed by atoms with E-state index in [9.17, 15) is 0 Å². The van der Waals surface area contributed by atoms with Gasteiger partial charge in [-0.15, -0.1) is 11.3 Å². The van der Waals surface area contributed by atoms with E-state index in [4.69, 9.17) is 0 Å². The minimum atomic E-state index is 0.727. The van der Waals surface area contributed by atoms with E-state index in [1.54, 1.807) is 23.9 Å². The van der Waals surface area contributed by atoms with E-state index in [-0.39, 0.29) is 0 Å². The highest BCUT2D eigenvalue weighted by atomic mass is 32.2. The monoisotopic (exact) mass is 391 g/mol. The van der Waals surface area contributed by atoms with E-state index in [0.717, 1.165) is 5.41 Å². The minimum Gasteiger partial charge on any atom is -0.370 e. The predicted octanol–water partition coefficient (Wildman–Crippen LogP) is 5.82. The summed E-state index contributed by atoms with van der Waals surface area (Å²) in [5, 5.41) is 0. The summed E-state index contributed by atoms with van der Waals surface area (Å²) < 4.78 is 8.35. The third-order valence-corrected chi connectivity index (χ3v) is 8.11. The maximum Gasteiger partial charge on any atom is 0.0820 e. The quantitative estimate of drug-likeness (QED) is 0.624. The van der Waals surface area contributed by atoms with Crippen LogP contribution in [0, 0.1) is 5.41 Å². The molecule has 0 unspecified atom stereocenters. The maximum atomic E-state index is 3.59. The fourth-order valence-corrected chi connectivity index (χ4v) is 6.49. The van der Waals surface area contributed by atoms with Gasteiger partial charge in [-0.3, -0.25) is 4.31 Å². The van der Waals surface area contributed by atoms with Crippen molar-refractivity contribution < 1.29 is 0 Å². The van der Waals surface area contributed by atoms with Crippen LogP contribution in [0.5, 0.6) is 0 Å². The number of thiophene rings is 1. The number of anilines is 2. The van der Waals surface area contributed by atoms with E-state index in [2.05, 4.69) is 64.4 Å². The topological polar surface area (TPSA) is 18.5 Å². The fraction of sp³-hybridized carbons (Fsp3) is 0.474. The zero-order valence-electron chi connectivity index (χ0n) is 14.8. The normalized spacial score (nSPS) is 18.8. The molecule has 2 aliphatic rings. The molecule has 1 saturated carbocycles. The number of para-hydroxylation sites is 2. The Hall–Kier alpha value is -0.820. The predicted molar refractivity (Wildman–Crippen MR) is 113 cm³/mol. The van der Waals surface area contributed by atoms with Crippen LogP contribution in [0.25, 0.3) is 0 Å². The van der Waals surface area contributed by atoms with E-state index >= 15 is 0 Å². The van der Waals surface area contributed by atoms with Crippen molar-refractivity contribution in [2.24, 2.45) is 5.41 Å². The van der Waals surface area contributed by atoms with Gasteiger partial charge in [0.25, 0.3) is 0 Å². The van der Waals surface area contributed by atoms with E-state index in [1.807, 2.05) is 11.3 Å². The van der Waals surface area contributed by atoms with Crippen molar-refractivity contribution in [1.82, 2.24) is 4.31 Å². The summed E-state index contributed by atoms with van der Waals surface area (Å²) >= 11 is 5.33. The van der Waals surface area contributed by atoms with Gasteiger partial charge in [0.1, 0.15) is 0 Å². The van der Waals surface area contributed by atoms with Gasteiger partial charge < -0.3 is 9.62 Å².